The number of rotatable bonds is 4. The number of piperidine rings is 2. The van der Waals surface area contributed by atoms with E-state index in [1.54, 1.807) is 0 Å². The van der Waals surface area contributed by atoms with Crippen LogP contribution in [0.4, 0.5) is 0 Å². The lowest BCUT2D eigenvalue weighted by atomic mass is 9.70. The van der Waals surface area contributed by atoms with Gasteiger partial charge in [0, 0.05) is 19.1 Å². The lowest BCUT2D eigenvalue weighted by Crippen LogP contribution is -2.51. The highest BCUT2D eigenvalue weighted by Crippen LogP contribution is 2.41. The van der Waals surface area contributed by atoms with Gasteiger partial charge >= 0.3 is 0 Å². The number of nitrogens with two attached hydrogens (primary N) is 1. The van der Waals surface area contributed by atoms with Gasteiger partial charge in [0.2, 0.25) is 0 Å². The molecule has 18 heavy (non-hydrogen) atoms. The third-order valence-electron chi connectivity index (χ3n) is 4.86. The van der Waals surface area contributed by atoms with Crippen LogP contribution in [-0.2, 0) is 6.54 Å². The molecule has 1 saturated carbocycles. The van der Waals surface area contributed by atoms with Crippen LogP contribution < -0.4 is 5.73 Å². The molecule has 1 aromatic carbocycles. The van der Waals surface area contributed by atoms with Crippen molar-refractivity contribution in [3.05, 3.63) is 35.9 Å². The minimum atomic E-state index is 0.812. The summed E-state index contributed by atoms with van der Waals surface area (Å²) >= 11 is 0. The monoisotopic (exact) mass is 244 g/mol. The third-order valence-corrected chi connectivity index (χ3v) is 4.86. The lowest BCUT2D eigenvalue weighted by molar-refractivity contribution is -0.00224. The third kappa shape index (κ3) is 2.45. The fourth-order valence-corrected chi connectivity index (χ4v) is 3.90. The fraction of sp³-hybridized carbons (Fsp3) is 0.625. The molecule has 3 fully saturated rings. The summed E-state index contributed by atoms with van der Waals surface area (Å²) in [4.78, 5) is 2.70. The van der Waals surface area contributed by atoms with Crippen LogP contribution in [0.15, 0.2) is 30.3 Å². The van der Waals surface area contributed by atoms with Crippen molar-refractivity contribution in [2.45, 2.75) is 38.3 Å². The normalized spacial score (nSPS) is 31.7. The maximum atomic E-state index is 5.74. The van der Waals surface area contributed by atoms with Gasteiger partial charge in [0.15, 0.2) is 0 Å². The Morgan fingerprint density at radius 2 is 2.00 bits per heavy atom. The Morgan fingerprint density at radius 1 is 1.17 bits per heavy atom. The van der Waals surface area contributed by atoms with E-state index in [0.29, 0.717) is 0 Å². The zero-order valence-corrected chi connectivity index (χ0v) is 11.1. The quantitative estimate of drug-likeness (QED) is 0.882. The van der Waals surface area contributed by atoms with Crippen LogP contribution in [0.3, 0.4) is 0 Å². The SMILES string of the molecule is NCCC1CC2CCC1CN2Cc1ccccc1. The van der Waals surface area contributed by atoms with Crippen molar-refractivity contribution < 1.29 is 0 Å². The van der Waals surface area contributed by atoms with Crippen molar-refractivity contribution in [3.8, 4) is 0 Å². The molecule has 1 aromatic rings. The van der Waals surface area contributed by atoms with Gasteiger partial charge in [0.25, 0.3) is 0 Å². The summed E-state index contributed by atoms with van der Waals surface area (Å²) in [5.41, 5.74) is 7.19. The van der Waals surface area contributed by atoms with Crippen LogP contribution in [0.5, 0.6) is 0 Å². The number of hydrogen-bond acceptors (Lipinski definition) is 2. The van der Waals surface area contributed by atoms with Crippen LogP contribution >= 0.6 is 0 Å². The standard InChI is InChI=1S/C16H24N2/c17-9-8-14-10-16-7-6-15(14)12-18(16)11-13-4-2-1-3-5-13/h1-5,14-16H,6-12,17H2. The fourth-order valence-electron chi connectivity index (χ4n) is 3.90. The average Bonchev–Trinajstić information content (AvgIpc) is 2.42. The molecule has 2 nitrogen and oxygen atoms in total. The minimum absolute atomic E-state index is 0.812. The molecule has 4 rings (SSSR count). The van der Waals surface area contributed by atoms with Crippen LogP contribution in [0, 0.1) is 11.8 Å². The highest BCUT2D eigenvalue weighted by Gasteiger charge is 2.39. The van der Waals surface area contributed by atoms with E-state index >= 15 is 0 Å². The van der Waals surface area contributed by atoms with E-state index in [2.05, 4.69) is 35.2 Å². The second-order valence-electron chi connectivity index (χ2n) is 5.98. The van der Waals surface area contributed by atoms with E-state index < -0.39 is 0 Å². The van der Waals surface area contributed by atoms with Crippen molar-refractivity contribution in [1.29, 1.82) is 0 Å². The van der Waals surface area contributed by atoms with Crippen LogP contribution in [0.25, 0.3) is 0 Å². The van der Waals surface area contributed by atoms with Gasteiger partial charge in [-0.25, -0.2) is 0 Å². The van der Waals surface area contributed by atoms with E-state index in [-0.39, 0.29) is 0 Å². The predicted octanol–water partition coefficient (Wildman–Crippen LogP) is 2.64. The zero-order valence-electron chi connectivity index (χ0n) is 11.1. The summed E-state index contributed by atoms with van der Waals surface area (Å²) in [6.07, 6.45) is 5.45. The molecule has 3 atom stereocenters. The molecule has 3 aliphatic rings. The second kappa shape index (κ2) is 5.41. The van der Waals surface area contributed by atoms with E-state index in [0.717, 1.165) is 31.0 Å². The van der Waals surface area contributed by atoms with E-state index in [9.17, 15) is 0 Å². The van der Waals surface area contributed by atoms with E-state index in [1.807, 2.05) is 0 Å². The largest absolute Gasteiger partial charge is 0.330 e. The van der Waals surface area contributed by atoms with Gasteiger partial charge in [0.05, 0.1) is 0 Å². The van der Waals surface area contributed by atoms with Gasteiger partial charge in [-0.15, -0.1) is 0 Å². The first-order chi connectivity index (χ1) is 8.86. The maximum Gasteiger partial charge on any atom is 0.0236 e. The summed E-state index contributed by atoms with van der Waals surface area (Å²) in [5.74, 6) is 1.81. The molecule has 0 radical (unpaired) electrons. The molecular weight excluding hydrogens is 220 g/mol. The first-order valence-corrected chi connectivity index (χ1v) is 7.35. The predicted molar refractivity (Wildman–Crippen MR) is 75.1 cm³/mol. The summed E-state index contributed by atoms with van der Waals surface area (Å²) < 4.78 is 0. The van der Waals surface area contributed by atoms with Gasteiger partial charge in [-0.1, -0.05) is 30.3 Å². The lowest BCUT2D eigenvalue weighted by Gasteiger charge is -2.50. The number of hydrogen-bond donors (Lipinski definition) is 1. The van der Waals surface area contributed by atoms with Gasteiger partial charge < -0.3 is 5.73 Å². The molecule has 0 spiro atoms. The highest BCUT2D eigenvalue weighted by molar-refractivity contribution is 5.15. The average molecular weight is 244 g/mol. The molecule has 2 heterocycles. The number of benzene rings is 1. The molecule has 2 N–H and O–H groups in total. The van der Waals surface area contributed by atoms with Crippen molar-refractivity contribution in [2.24, 2.45) is 17.6 Å². The zero-order chi connectivity index (χ0) is 12.4. The molecule has 2 aliphatic heterocycles. The van der Waals surface area contributed by atoms with Gasteiger partial charge in [-0.2, -0.15) is 0 Å². The topological polar surface area (TPSA) is 29.3 Å². The summed E-state index contributed by atoms with van der Waals surface area (Å²) in [6, 6.07) is 11.7. The van der Waals surface area contributed by atoms with Crippen molar-refractivity contribution in [1.82, 2.24) is 4.90 Å². The molecule has 2 saturated heterocycles. The van der Waals surface area contributed by atoms with Crippen LogP contribution in [-0.4, -0.2) is 24.0 Å². The van der Waals surface area contributed by atoms with Crippen molar-refractivity contribution >= 4 is 0 Å². The van der Waals surface area contributed by atoms with Crippen molar-refractivity contribution in [2.75, 3.05) is 13.1 Å². The van der Waals surface area contributed by atoms with E-state index in [4.69, 9.17) is 5.73 Å². The smallest absolute Gasteiger partial charge is 0.0236 e. The second-order valence-corrected chi connectivity index (χ2v) is 5.98. The highest BCUT2D eigenvalue weighted by atomic mass is 15.2. The number of nitrogens with zero attached hydrogens (tertiary/aromatic N) is 1. The molecular formula is C16H24N2. The van der Waals surface area contributed by atoms with Crippen molar-refractivity contribution in [3.63, 3.8) is 0 Å². The number of fused-ring (bicyclic) bond motifs is 3. The molecule has 0 aromatic heterocycles. The Bertz CT molecular complexity index is 376. The Hall–Kier alpha value is -0.860. The molecule has 2 bridgehead atoms. The Morgan fingerprint density at radius 3 is 2.67 bits per heavy atom. The minimum Gasteiger partial charge on any atom is -0.330 e. The Labute approximate surface area is 110 Å². The first-order valence-electron chi connectivity index (χ1n) is 7.35. The van der Waals surface area contributed by atoms with Gasteiger partial charge in [-0.05, 0) is 49.6 Å². The maximum absolute atomic E-state index is 5.74. The van der Waals surface area contributed by atoms with Gasteiger partial charge in [0.1, 0.15) is 0 Å². The van der Waals surface area contributed by atoms with E-state index in [1.165, 1.54) is 37.8 Å². The Kier molecular flexibility index (Phi) is 3.67. The molecule has 98 valence electrons. The summed E-state index contributed by atoms with van der Waals surface area (Å²) in [7, 11) is 0. The van der Waals surface area contributed by atoms with Gasteiger partial charge in [-0.3, -0.25) is 4.90 Å². The van der Waals surface area contributed by atoms with Crippen LogP contribution in [0.1, 0.15) is 31.2 Å². The molecule has 2 heteroatoms. The first kappa shape index (κ1) is 12.2. The summed E-state index contributed by atoms with van der Waals surface area (Å²) in [5, 5.41) is 0. The molecule has 0 amide bonds. The summed E-state index contributed by atoms with van der Waals surface area (Å²) in [6.45, 7) is 3.30. The molecule has 3 unspecified atom stereocenters. The molecule has 1 aliphatic carbocycles. The Balaban J connectivity index is 1.63. The van der Waals surface area contributed by atoms with Crippen LogP contribution in [0.2, 0.25) is 0 Å².